The van der Waals surface area contributed by atoms with Crippen molar-refractivity contribution in [3.05, 3.63) is 96.2 Å². The summed E-state index contributed by atoms with van der Waals surface area (Å²) < 4.78 is 8.89. The van der Waals surface area contributed by atoms with Crippen LogP contribution in [0.15, 0.2) is 84.9 Å². The fraction of sp³-hybridized carbons (Fsp3) is 0.133. The molecule has 0 bridgehead atoms. The van der Waals surface area contributed by atoms with Crippen LogP contribution in [0.4, 0.5) is 0 Å². The molecule has 3 aliphatic rings. The zero-order valence-electron chi connectivity index (χ0n) is 18.8. The second kappa shape index (κ2) is 7.51. The first-order valence-electron chi connectivity index (χ1n) is 12.2. The summed E-state index contributed by atoms with van der Waals surface area (Å²) in [4.78, 5) is 0. The van der Waals surface area contributed by atoms with E-state index in [4.69, 9.17) is 0 Å². The average molecular weight is 565 g/mol. The number of benzene rings is 4. The number of aromatic nitrogens is 1. The van der Waals surface area contributed by atoms with Crippen LogP contribution in [0.25, 0.3) is 16.6 Å². The minimum absolute atomic E-state index is 0.346. The Balaban J connectivity index is 1.36. The van der Waals surface area contributed by atoms with Crippen LogP contribution in [0.1, 0.15) is 24.1 Å². The molecule has 1 aliphatic carbocycles. The zero-order valence-corrected chi connectivity index (χ0v) is 22.2. The van der Waals surface area contributed by atoms with E-state index in [0.29, 0.717) is 36.6 Å². The second-order valence-corrected chi connectivity index (χ2v) is 14.1. The Morgan fingerprint density at radius 2 is 1.38 bits per heavy atom. The summed E-state index contributed by atoms with van der Waals surface area (Å²) in [5.74, 6) is 0. The topological polar surface area (TPSA) is 4.93 Å². The van der Waals surface area contributed by atoms with Crippen molar-refractivity contribution in [2.75, 3.05) is 0 Å². The molecule has 2 aliphatic heterocycles. The van der Waals surface area contributed by atoms with Crippen molar-refractivity contribution >= 4 is 81.8 Å². The van der Waals surface area contributed by atoms with Gasteiger partial charge in [-0.05, 0) is 0 Å². The molecular weight excluding hydrogens is 543 g/mol. The molecule has 162 valence electrons. The molecule has 5 aromatic rings. The summed E-state index contributed by atoms with van der Waals surface area (Å²) in [7, 11) is 0. The fourth-order valence-electron chi connectivity index (χ4n) is 6.29. The van der Waals surface area contributed by atoms with Crippen LogP contribution in [0.5, 0.6) is 0 Å². The second-order valence-electron chi connectivity index (χ2n) is 9.55. The van der Waals surface area contributed by atoms with E-state index in [2.05, 4.69) is 89.5 Å². The first-order valence-corrected chi connectivity index (χ1v) is 15.6. The Morgan fingerprint density at radius 3 is 2.32 bits per heavy atom. The summed E-state index contributed by atoms with van der Waals surface area (Å²) >= 11 is 0.758. The zero-order chi connectivity index (χ0) is 22.2. The van der Waals surface area contributed by atoms with E-state index < -0.39 is 0 Å². The van der Waals surface area contributed by atoms with Gasteiger partial charge in [-0.15, -0.1) is 0 Å². The van der Waals surface area contributed by atoms with E-state index in [9.17, 15) is 0 Å². The Kier molecular flexibility index (Phi) is 4.37. The van der Waals surface area contributed by atoms with Crippen LogP contribution in [0.3, 0.4) is 0 Å². The molecule has 34 heavy (non-hydrogen) atoms. The summed E-state index contributed by atoms with van der Waals surface area (Å²) in [5.41, 5.74) is 10.6. The van der Waals surface area contributed by atoms with Gasteiger partial charge in [0.2, 0.25) is 0 Å². The number of para-hydroxylation sites is 1. The number of rotatable bonds is 1. The van der Waals surface area contributed by atoms with Crippen molar-refractivity contribution < 1.29 is 0 Å². The van der Waals surface area contributed by atoms with Crippen molar-refractivity contribution in [2.24, 2.45) is 0 Å². The third kappa shape index (κ3) is 2.75. The molecule has 3 heterocycles. The Bertz CT molecular complexity index is 1630. The summed E-state index contributed by atoms with van der Waals surface area (Å²) in [6.45, 7) is 0.396. The quantitative estimate of drug-likeness (QED) is 0.262. The van der Waals surface area contributed by atoms with E-state index in [1.807, 2.05) is 0 Å². The fourth-order valence-corrected chi connectivity index (χ4v) is 11.6. The van der Waals surface area contributed by atoms with Gasteiger partial charge in [0, 0.05) is 0 Å². The molecule has 0 atom stereocenters. The van der Waals surface area contributed by atoms with Crippen LogP contribution in [-0.2, 0) is 12.8 Å². The van der Waals surface area contributed by atoms with Crippen molar-refractivity contribution in [3.63, 3.8) is 0 Å². The average Bonchev–Trinajstić information content (AvgIpc) is 3.23. The van der Waals surface area contributed by atoms with E-state index in [1.54, 1.807) is 34.6 Å². The molecule has 0 unspecified atom stereocenters. The van der Waals surface area contributed by atoms with Gasteiger partial charge in [-0.2, -0.15) is 0 Å². The maximum atomic E-state index is 2.59. The molecule has 8 rings (SSSR count). The van der Waals surface area contributed by atoms with Gasteiger partial charge in [0.15, 0.2) is 0 Å². The van der Waals surface area contributed by atoms with Crippen LogP contribution in [-0.4, -0.2) is 41.2 Å². The molecule has 1 nitrogen and oxygen atoms in total. The molecule has 0 saturated carbocycles. The van der Waals surface area contributed by atoms with Crippen LogP contribution >= 0.6 is 0 Å². The number of fused-ring (bicyclic) bond motifs is 7. The Labute approximate surface area is 213 Å². The third-order valence-electron chi connectivity index (χ3n) is 7.73. The Morgan fingerprint density at radius 1 is 0.647 bits per heavy atom. The van der Waals surface area contributed by atoms with Crippen molar-refractivity contribution in [1.82, 2.24) is 4.57 Å². The predicted molar refractivity (Wildman–Crippen MR) is 148 cm³/mol. The van der Waals surface area contributed by atoms with E-state index in [0.717, 1.165) is 0 Å². The number of nitrogens with zero attached hydrogens (tertiary/aromatic N) is 1. The first-order chi connectivity index (χ1) is 16.9. The van der Waals surface area contributed by atoms with Crippen LogP contribution < -0.4 is 34.2 Å². The first kappa shape index (κ1) is 19.8. The SMILES string of the molecule is c1ccc2c(c1)[Se]c1cccc3c1B2c1ccc(-n2c4c(c5ccccc52)CCCC4)cc1[Se]3. The molecule has 0 amide bonds. The van der Waals surface area contributed by atoms with Gasteiger partial charge in [0.05, 0.1) is 0 Å². The molecule has 0 saturated heterocycles. The summed E-state index contributed by atoms with van der Waals surface area (Å²) in [6, 6.07) is 32.7. The van der Waals surface area contributed by atoms with Gasteiger partial charge in [-0.3, -0.25) is 0 Å². The molecule has 4 aromatic carbocycles. The Hall–Kier alpha value is -2.48. The molecular formula is C30H22BNSe2. The predicted octanol–water partition coefficient (Wildman–Crippen LogP) is 0.962. The summed E-state index contributed by atoms with van der Waals surface area (Å²) in [5, 5.41) is 1.46. The van der Waals surface area contributed by atoms with E-state index in [1.165, 1.54) is 53.2 Å². The number of aryl methyl sites for hydroxylation is 1. The monoisotopic (exact) mass is 567 g/mol. The van der Waals surface area contributed by atoms with Gasteiger partial charge < -0.3 is 0 Å². The van der Waals surface area contributed by atoms with Crippen molar-refractivity contribution in [1.29, 1.82) is 0 Å². The number of hydrogen-bond donors (Lipinski definition) is 0. The molecule has 0 N–H and O–H groups in total. The van der Waals surface area contributed by atoms with E-state index >= 15 is 0 Å². The van der Waals surface area contributed by atoms with Crippen LogP contribution in [0, 0.1) is 0 Å². The minimum atomic E-state index is 0.346. The molecule has 1 aromatic heterocycles. The van der Waals surface area contributed by atoms with E-state index in [-0.39, 0.29) is 0 Å². The van der Waals surface area contributed by atoms with Crippen LogP contribution in [0.2, 0.25) is 0 Å². The standard InChI is InChI=1S/C30H22BNSe2/c1-4-11-24-20(8-1)21-9-2-5-12-25(21)32(24)19-16-17-23-29(18-19)34-28-15-7-14-27-30(28)31(23)22-10-3-6-13-26(22)33-27/h1,3-4,6-8,10-11,13-18H,2,5,9,12H2. The molecule has 4 heteroatoms. The third-order valence-corrected chi connectivity index (χ3v) is 12.6. The molecule has 0 spiro atoms. The van der Waals surface area contributed by atoms with Gasteiger partial charge in [-0.25, -0.2) is 0 Å². The van der Waals surface area contributed by atoms with Gasteiger partial charge >= 0.3 is 214 Å². The molecule has 0 radical (unpaired) electrons. The van der Waals surface area contributed by atoms with Crippen molar-refractivity contribution in [2.45, 2.75) is 25.7 Å². The van der Waals surface area contributed by atoms with Gasteiger partial charge in [0.1, 0.15) is 0 Å². The number of hydrogen-bond acceptors (Lipinski definition) is 0. The van der Waals surface area contributed by atoms with Crippen molar-refractivity contribution in [3.8, 4) is 5.69 Å². The normalized spacial score (nSPS) is 15.5. The molecule has 0 fully saturated rings. The maximum absolute atomic E-state index is 2.59. The summed E-state index contributed by atoms with van der Waals surface area (Å²) in [6.07, 6.45) is 5.02. The van der Waals surface area contributed by atoms with Gasteiger partial charge in [-0.1, -0.05) is 0 Å². The van der Waals surface area contributed by atoms with Gasteiger partial charge in [0.25, 0.3) is 0 Å².